The molecular formula is C16H22FNO4. The number of halogens is 1. The number of piperidine rings is 1. The smallest absolute Gasteiger partial charge is 0.313 e. The van der Waals surface area contributed by atoms with Crippen LogP contribution in [0.2, 0.25) is 0 Å². The van der Waals surface area contributed by atoms with Crippen LogP contribution in [-0.4, -0.2) is 58.5 Å². The first kappa shape index (κ1) is 16.9. The standard InChI is InChI=1S/C16H22FNO4/c17-13-4-2-12(3-5-13)10-16(15(21)22)11-18(7-1-9-19)8-6-14(16)20/h2-5,14,19-20H,1,6-11H2,(H,21,22)/t14-,16-/m1/s1. The lowest BCUT2D eigenvalue weighted by Gasteiger charge is -2.43. The molecule has 0 aliphatic carbocycles. The lowest BCUT2D eigenvalue weighted by atomic mass is 9.73. The number of aliphatic carboxylic acids is 1. The van der Waals surface area contributed by atoms with Gasteiger partial charge in [0, 0.05) is 26.2 Å². The molecule has 1 fully saturated rings. The number of aliphatic hydroxyl groups is 2. The Morgan fingerprint density at radius 1 is 1.36 bits per heavy atom. The average molecular weight is 311 g/mol. The van der Waals surface area contributed by atoms with E-state index in [2.05, 4.69) is 0 Å². The Kier molecular flexibility index (Phi) is 5.50. The molecule has 0 bridgehead atoms. The molecule has 1 saturated heterocycles. The summed E-state index contributed by atoms with van der Waals surface area (Å²) in [6.07, 6.45) is 0.154. The summed E-state index contributed by atoms with van der Waals surface area (Å²) >= 11 is 0. The molecule has 2 rings (SSSR count). The summed E-state index contributed by atoms with van der Waals surface area (Å²) in [5.41, 5.74) is -0.613. The van der Waals surface area contributed by atoms with Gasteiger partial charge in [0.15, 0.2) is 0 Å². The molecule has 0 spiro atoms. The van der Waals surface area contributed by atoms with Crippen molar-refractivity contribution in [3.05, 3.63) is 35.6 Å². The number of carboxylic acid groups (broad SMARTS) is 1. The summed E-state index contributed by atoms with van der Waals surface area (Å²) in [5.74, 6) is -1.42. The second kappa shape index (κ2) is 7.17. The highest BCUT2D eigenvalue weighted by Crippen LogP contribution is 2.34. The third-order valence-corrected chi connectivity index (χ3v) is 4.35. The van der Waals surface area contributed by atoms with E-state index in [9.17, 15) is 19.4 Å². The van der Waals surface area contributed by atoms with Crippen LogP contribution in [-0.2, 0) is 11.2 Å². The van der Waals surface area contributed by atoms with E-state index < -0.39 is 17.5 Å². The molecule has 0 saturated carbocycles. The van der Waals surface area contributed by atoms with E-state index >= 15 is 0 Å². The number of benzene rings is 1. The number of aliphatic hydroxyl groups excluding tert-OH is 2. The zero-order valence-corrected chi connectivity index (χ0v) is 12.4. The average Bonchev–Trinajstić information content (AvgIpc) is 2.50. The summed E-state index contributed by atoms with van der Waals surface area (Å²) in [5, 5.41) is 28.9. The van der Waals surface area contributed by atoms with Crippen LogP contribution in [0.5, 0.6) is 0 Å². The van der Waals surface area contributed by atoms with Crippen LogP contribution in [0.25, 0.3) is 0 Å². The van der Waals surface area contributed by atoms with Crippen molar-refractivity contribution in [3.8, 4) is 0 Å². The first-order chi connectivity index (χ1) is 10.5. The van der Waals surface area contributed by atoms with E-state index in [4.69, 9.17) is 5.11 Å². The number of carbonyl (C=O) groups is 1. The van der Waals surface area contributed by atoms with Crippen molar-refractivity contribution >= 4 is 5.97 Å². The van der Waals surface area contributed by atoms with Crippen molar-refractivity contribution < 1.29 is 24.5 Å². The van der Waals surface area contributed by atoms with Gasteiger partial charge in [0.2, 0.25) is 0 Å². The summed E-state index contributed by atoms with van der Waals surface area (Å²) in [7, 11) is 0. The van der Waals surface area contributed by atoms with Gasteiger partial charge >= 0.3 is 5.97 Å². The van der Waals surface area contributed by atoms with Crippen LogP contribution in [0.1, 0.15) is 18.4 Å². The quantitative estimate of drug-likeness (QED) is 0.727. The summed E-state index contributed by atoms with van der Waals surface area (Å²) in [6, 6.07) is 5.70. The maximum atomic E-state index is 13.0. The van der Waals surface area contributed by atoms with Gasteiger partial charge in [0.1, 0.15) is 11.2 Å². The van der Waals surface area contributed by atoms with Crippen LogP contribution in [0.15, 0.2) is 24.3 Å². The van der Waals surface area contributed by atoms with Crippen molar-refractivity contribution in [1.29, 1.82) is 0 Å². The van der Waals surface area contributed by atoms with Gasteiger partial charge in [-0.2, -0.15) is 0 Å². The van der Waals surface area contributed by atoms with Gasteiger partial charge in [-0.05, 0) is 37.0 Å². The second-order valence-electron chi connectivity index (χ2n) is 5.92. The number of hydrogen-bond donors (Lipinski definition) is 3. The molecule has 1 heterocycles. The maximum absolute atomic E-state index is 13.0. The van der Waals surface area contributed by atoms with Crippen LogP contribution >= 0.6 is 0 Å². The fourth-order valence-electron chi connectivity index (χ4n) is 3.08. The summed E-state index contributed by atoms with van der Waals surface area (Å²) in [4.78, 5) is 13.8. The van der Waals surface area contributed by atoms with Gasteiger partial charge in [-0.1, -0.05) is 12.1 Å². The van der Waals surface area contributed by atoms with Gasteiger partial charge in [0.05, 0.1) is 6.10 Å². The first-order valence-corrected chi connectivity index (χ1v) is 7.47. The predicted molar refractivity (Wildman–Crippen MR) is 78.9 cm³/mol. The van der Waals surface area contributed by atoms with Gasteiger partial charge in [-0.25, -0.2) is 4.39 Å². The highest BCUT2D eigenvalue weighted by Gasteiger charge is 2.49. The topological polar surface area (TPSA) is 81.0 Å². The van der Waals surface area contributed by atoms with Crippen molar-refractivity contribution in [2.75, 3.05) is 26.2 Å². The van der Waals surface area contributed by atoms with Crippen molar-refractivity contribution in [2.45, 2.75) is 25.4 Å². The van der Waals surface area contributed by atoms with Gasteiger partial charge < -0.3 is 20.2 Å². The molecule has 6 heteroatoms. The molecular weight excluding hydrogens is 289 g/mol. The summed E-state index contributed by atoms with van der Waals surface area (Å²) in [6.45, 7) is 1.49. The Bertz CT molecular complexity index is 505. The van der Waals surface area contributed by atoms with Gasteiger partial charge in [0.25, 0.3) is 0 Å². The molecule has 1 aliphatic heterocycles. The molecule has 1 aromatic carbocycles. The Morgan fingerprint density at radius 2 is 2.05 bits per heavy atom. The number of nitrogens with zero attached hydrogens (tertiary/aromatic N) is 1. The molecule has 0 unspecified atom stereocenters. The minimum atomic E-state index is -1.30. The number of rotatable bonds is 6. The maximum Gasteiger partial charge on any atom is 0.313 e. The monoisotopic (exact) mass is 311 g/mol. The molecule has 0 radical (unpaired) electrons. The molecule has 1 aromatic rings. The molecule has 3 N–H and O–H groups in total. The second-order valence-corrected chi connectivity index (χ2v) is 5.92. The normalized spacial score (nSPS) is 26.0. The van der Waals surface area contributed by atoms with E-state index in [0.29, 0.717) is 31.5 Å². The molecule has 2 atom stereocenters. The van der Waals surface area contributed by atoms with E-state index in [1.807, 2.05) is 4.90 Å². The fraction of sp³-hybridized carbons (Fsp3) is 0.562. The SMILES string of the molecule is O=C(O)[C@]1(Cc2ccc(F)cc2)CN(CCCO)CC[C@H]1O. The summed E-state index contributed by atoms with van der Waals surface area (Å²) < 4.78 is 13.0. The van der Waals surface area contributed by atoms with Crippen molar-refractivity contribution in [2.24, 2.45) is 5.41 Å². The minimum Gasteiger partial charge on any atom is -0.481 e. The first-order valence-electron chi connectivity index (χ1n) is 7.47. The minimum absolute atomic E-state index is 0.0527. The van der Waals surface area contributed by atoms with E-state index in [0.717, 1.165) is 0 Å². The largest absolute Gasteiger partial charge is 0.481 e. The molecule has 122 valence electrons. The number of carboxylic acids is 1. The third-order valence-electron chi connectivity index (χ3n) is 4.35. The molecule has 0 aromatic heterocycles. The Hall–Kier alpha value is -1.50. The number of hydrogen-bond acceptors (Lipinski definition) is 4. The van der Waals surface area contributed by atoms with Crippen molar-refractivity contribution in [3.63, 3.8) is 0 Å². The Morgan fingerprint density at radius 3 is 2.64 bits per heavy atom. The zero-order chi connectivity index (χ0) is 16.2. The third kappa shape index (κ3) is 3.63. The van der Waals surface area contributed by atoms with Crippen molar-refractivity contribution in [1.82, 2.24) is 4.90 Å². The number of likely N-dealkylation sites (tertiary alicyclic amines) is 1. The van der Waals surface area contributed by atoms with E-state index in [1.165, 1.54) is 12.1 Å². The van der Waals surface area contributed by atoms with Crippen LogP contribution in [0.4, 0.5) is 4.39 Å². The van der Waals surface area contributed by atoms with E-state index in [1.54, 1.807) is 12.1 Å². The molecule has 0 amide bonds. The lowest BCUT2D eigenvalue weighted by Crippen LogP contribution is -2.57. The van der Waals surface area contributed by atoms with Crippen LogP contribution < -0.4 is 0 Å². The predicted octanol–water partition coefficient (Wildman–Crippen LogP) is 0.888. The fourth-order valence-corrected chi connectivity index (χ4v) is 3.08. The zero-order valence-electron chi connectivity index (χ0n) is 12.4. The highest BCUT2D eigenvalue weighted by molar-refractivity contribution is 5.76. The van der Waals surface area contributed by atoms with Crippen LogP contribution in [0.3, 0.4) is 0 Å². The molecule has 1 aliphatic rings. The molecule has 5 nitrogen and oxygen atoms in total. The van der Waals surface area contributed by atoms with Gasteiger partial charge in [-0.3, -0.25) is 4.79 Å². The van der Waals surface area contributed by atoms with Gasteiger partial charge in [-0.15, -0.1) is 0 Å². The highest BCUT2D eigenvalue weighted by atomic mass is 19.1. The Balaban J connectivity index is 2.20. The van der Waals surface area contributed by atoms with E-state index in [-0.39, 0.29) is 25.4 Å². The van der Waals surface area contributed by atoms with Crippen LogP contribution in [0, 0.1) is 11.2 Å². The molecule has 22 heavy (non-hydrogen) atoms. The Labute approximate surface area is 129 Å². The lowest BCUT2D eigenvalue weighted by molar-refractivity contribution is -0.163.